The molecule has 0 saturated carbocycles. The maximum Gasteiger partial charge on any atom is 0.229 e. The molecule has 37 heavy (non-hydrogen) atoms. The highest BCUT2D eigenvalue weighted by atomic mass is 16.5. The van der Waals surface area contributed by atoms with Crippen LogP contribution in [0.3, 0.4) is 0 Å². The first-order valence-corrected chi connectivity index (χ1v) is 13.3. The highest BCUT2D eigenvalue weighted by molar-refractivity contribution is 5.93. The van der Waals surface area contributed by atoms with Gasteiger partial charge < -0.3 is 24.8 Å². The van der Waals surface area contributed by atoms with Crippen molar-refractivity contribution < 1.29 is 14.1 Å². The van der Waals surface area contributed by atoms with Gasteiger partial charge in [-0.25, -0.2) is 0 Å². The molecule has 0 radical (unpaired) electrons. The average molecular weight is 504 g/mol. The number of anilines is 2. The van der Waals surface area contributed by atoms with Crippen LogP contribution < -0.4 is 15.4 Å². The maximum absolute atomic E-state index is 13.3. The quantitative estimate of drug-likeness (QED) is 0.474. The molecule has 1 aromatic heterocycles. The molecule has 1 fully saturated rings. The molecule has 3 aromatic rings. The first-order chi connectivity index (χ1) is 17.9. The minimum absolute atomic E-state index is 0.0417. The third kappa shape index (κ3) is 5.64. The molecule has 8 nitrogen and oxygen atoms in total. The number of carbonyl (C=O) groups excluding carboxylic acids is 1. The van der Waals surface area contributed by atoms with E-state index in [0.29, 0.717) is 30.2 Å². The van der Waals surface area contributed by atoms with Crippen LogP contribution in [0.15, 0.2) is 40.9 Å². The van der Waals surface area contributed by atoms with E-state index in [2.05, 4.69) is 51.7 Å². The molecule has 5 rings (SSSR count). The van der Waals surface area contributed by atoms with E-state index in [1.807, 2.05) is 24.3 Å². The summed E-state index contributed by atoms with van der Waals surface area (Å²) >= 11 is 0. The summed E-state index contributed by atoms with van der Waals surface area (Å²) in [6.07, 6.45) is 3.76. The molecule has 0 bridgehead atoms. The Morgan fingerprint density at radius 2 is 1.97 bits per heavy atom. The molecule has 1 saturated heterocycles. The van der Waals surface area contributed by atoms with Crippen LogP contribution in [0.4, 0.5) is 11.4 Å². The number of nitrogens with one attached hydrogen (secondary N) is 2. The molecular formula is C29H37N5O3. The molecule has 8 heteroatoms. The van der Waals surface area contributed by atoms with Gasteiger partial charge in [-0.05, 0) is 106 Å². The van der Waals surface area contributed by atoms with Gasteiger partial charge in [0.1, 0.15) is 5.75 Å². The third-order valence-corrected chi connectivity index (χ3v) is 7.76. The normalized spacial score (nSPS) is 18.7. The number of carbonyl (C=O) groups is 1. The van der Waals surface area contributed by atoms with E-state index >= 15 is 0 Å². The molecule has 2 aromatic carbocycles. The van der Waals surface area contributed by atoms with E-state index in [1.54, 1.807) is 14.0 Å². The Hall–Kier alpha value is -3.39. The molecule has 1 atom stereocenters. The zero-order valence-corrected chi connectivity index (χ0v) is 22.2. The van der Waals surface area contributed by atoms with Gasteiger partial charge >= 0.3 is 0 Å². The number of benzene rings is 2. The summed E-state index contributed by atoms with van der Waals surface area (Å²) in [5, 5.41) is 10.7. The van der Waals surface area contributed by atoms with E-state index in [-0.39, 0.29) is 11.8 Å². The predicted molar refractivity (Wildman–Crippen MR) is 145 cm³/mol. The number of rotatable bonds is 6. The lowest BCUT2D eigenvalue weighted by atomic mass is 9.88. The van der Waals surface area contributed by atoms with Crippen molar-refractivity contribution in [2.24, 2.45) is 5.92 Å². The summed E-state index contributed by atoms with van der Waals surface area (Å²) in [4.78, 5) is 20.2. The highest BCUT2D eigenvalue weighted by Gasteiger charge is 2.26. The second-order valence-corrected chi connectivity index (χ2v) is 10.5. The summed E-state index contributed by atoms with van der Waals surface area (Å²) in [5.74, 6) is 2.38. The molecular weight excluding hydrogens is 466 g/mol. The van der Waals surface area contributed by atoms with Gasteiger partial charge in [0, 0.05) is 36.4 Å². The van der Waals surface area contributed by atoms with Crippen molar-refractivity contribution in [2.45, 2.75) is 58.4 Å². The highest BCUT2D eigenvalue weighted by Crippen LogP contribution is 2.37. The first-order valence-electron chi connectivity index (χ1n) is 13.3. The number of likely N-dealkylation sites (tertiary alicyclic amines) is 1. The number of hydrogen-bond acceptors (Lipinski definition) is 7. The zero-order chi connectivity index (χ0) is 25.9. The van der Waals surface area contributed by atoms with Crippen LogP contribution in [0.25, 0.3) is 11.4 Å². The number of amides is 1. The predicted octanol–water partition coefficient (Wildman–Crippen LogP) is 5.25. The lowest BCUT2D eigenvalue weighted by Crippen LogP contribution is -2.37. The number of hydrogen-bond donors (Lipinski definition) is 2. The SMILES string of the molecule is COc1ccc(NC(=O)C2CCc3cc(-c4noc(C)n4)ccc3NC2)cc1C1CCN(C(C)C)CC1. The largest absolute Gasteiger partial charge is 0.496 e. The van der Waals surface area contributed by atoms with Gasteiger partial charge in [-0.3, -0.25) is 4.79 Å². The Kier molecular flexibility index (Phi) is 7.46. The molecule has 1 amide bonds. The number of aryl methyl sites for hydroxylation is 2. The van der Waals surface area contributed by atoms with Crippen LogP contribution in [0.1, 0.15) is 56.0 Å². The lowest BCUT2D eigenvalue weighted by molar-refractivity contribution is -0.119. The first kappa shape index (κ1) is 25.3. The summed E-state index contributed by atoms with van der Waals surface area (Å²) in [5.41, 5.74) is 5.17. The molecule has 0 spiro atoms. The molecule has 0 aliphatic carbocycles. The minimum atomic E-state index is -0.136. The minimum Gasteiger partial charge on any atom is -0.496 e. The van der Waals surface area contributed by atoms with Crippen molar-refractivity contribution in [2.75, 3.05) is 37.4 Å². The van der Waals surface area contributed by atoms with Gasteiger partial charge in [-0.15, -0.1) is 0 Å². The molecule has 1 unspecified atom stereocenters. The van der Waals surface area contributed by atoms with Crippen molar-refractivity contribution in [3.05, 3.63) is 53.4 Å². The molecule has 3 heterocycles. The second-order valence-electron chi connectivity index (χ2n) is 10.5. The lowest BCUT2D eigenvalue weighted by Gasteiger charge is -2.35. The van der Waals surface area contributed by atoms with E-state index in [0.717, 1.165) is 67.0 Å². The number of fused-ring (bicyclic) bond motifs is 1. The number of nitrogens with zero attached hydrogens (tertiary/aromatic N) is 3. The van der Waals surface area contributed by atoms with Gasteiger partial charge in [0.25, 0.3) is 0 Å². The van der Waals surface area contributed by atoms with E-state index < -0.39 is 0 Å². The Bertz CT molecular complexity index is 1250. The van der Waals surface area contributed by atoms with Crippen LogP contribution in [0, 0.1) is 12.8 Å². The Labute approximate surface area is 218 Å². The van der Waals surface area contributed by atoms with Gasteiger partial charge in [-0.2, -0.15) is 4.98 Å². The van der Waals surface area contributed by atoms with Crippen LogP contribution in [0.2, 0.25) is 0 Å². The van der Waals surface area contributed by atoms with Gasteiger partial charge in [0.15, 0.2) is 0 Å². The van der Waals surface area contributed by atoms with Crippen LogP contribution in [-0.2, 0) is 11.2 Å². The number of ether oxygens (including phenoxy) is 1. The number of aromatic nitrogens is 2. The number of piperidine rings is 1. The van der Waals surface area contributed by atoms with E-state index in [9.17, 15) is 4.79 Å². The molecule has 196 valence electrons. The van der Waals surface area contributed by atoms with E-state index in [4.69, 9.17) is 9.26 Å². The van der Waals surface area contributed by atoms with Crippen LogP contribution in [0.5, 0.6) is 5.75 Å². The van der Waals surface area contributed by atoms with Crippen molar-refractivity contribution >= 4 is 17.3 Å². The fraction of sp³-hybridized carbons (Fsp3) is 0.483. The van der Waals surface area contributed by atoms with E-state index in [1.165, 1.54) is 5.56 Å². The van der Waals surface area contributed by atoms with Crippen LogP contribution in [-0.4, -0.2) is 53.7 Å². The fourth-order valence-electron chi connectivity index (χ4n) is 5.52. The Morgan fingerprint density at radius 1 is 1.16 bits per heavy atom. The summed E-state index contributed by atoms with van der Waals surface area (Å²) in [6.45, 7) is 9.06. The van der Waals surface area contributed by atoms with Crippen molar-refractivity contribution in [1.29, 1.82) is 0 Å². The molecule has 2 aliphatic rings. The topological polar surface area (TPSA) is 92.5 Å². The summed E-state index contributed by atoms with van der Waals surface area (Å²) < 4.78 is 10.8. The summed E-state index contributed by atoms with van der Waals surface area (Å²) in [7, 11) is 1.72. The van der Waals surface area contributed by atoms with Gasteiger partial charge in [0.05, 0.1) is 13.0 Å². The standard InChI is InChI=1S/C29H37N5O3/c1-18(2)34-13-11-20(12-14-34)25-16-24(8-10-27(25)36-4)32-29(35)23-6-5-21-15-22(7-9-26(21)30-17-23)28-31-19(3)37-33-28/h7-10,15-16,18,20,23,30H,5-6,11-14,17H2,1-4H3,(H,32,35). The van der Waals surface area contributed by atoms with Gasteiger partial charge in [0.2, 0.25) is 17.6 Å². The average Bonchev–Trinajstić information content (AvgIpc) is 3.23. The van der Waals surface area contributed by atoms with Gasteiger partial charge in [-0.1, -0.05) is 5.16 Å². The summed E-state index contributed by atoms with van der Waals surface area (Å²) in [6, 6.07) is 12.7. The fourth-order valence-corrected chi connectivity index (χ4v) is 5.52. The molecule has 2 N–H and O–H groups in total. The Balaban J connectivity index is 1.25. The van der Waals surface area contributed by atoms with Crippen molar-refractivity contribution in [3.8, 4) is 17.1 Å². The third-order valence-electron chi connectivity index (χ3n) is 7.76. The second kappa shape index (κ2) is 10.9. The monoisotopic (exact) mass is 503 g/mol. The van der Waals surface area contributed by atoms with Crippen molar-refractivity contribution in [3.63, 3.8) is 0 Å². The van der Waals surface area contributed by atoms with Crippen LogP contribution >= 0.6 is 0 Å². The zero-order valence-electron chi connectivity index (χ0n) is 22.2. The van der Waals surface area contributed by atoms with Crippen molar-refractivity contribution in [1.82, 2.24) is 15.0 Å². The number of methoxy groups -OCH3 is 1. The maximum atomic E-state index is 13.3. The molecule has 2 aliphatic heterocycles. The smallest absolute Gasteiger partial charge is 0.229 e. The Morgan fingerprint density at radius 3 is 2.68 bits per heavy atom.